The monoisotopic (exact) mass is 384 g/mol. The summed E-state index contributed by atoms with van der Waals surface area (Å²) in [4.78, 5) is 12.4. The maximum atomic E-state index is 14.8. The molecular weight excluding hydrogens is 368 g/mol. The van der Waals surface area contributed by atoms with Gasteiger partial charge in [-0.3, -0.25) is 0 Å². The van der Waals surface area contributed by atoms with Gasteiger partial charge in [0.15, 0.2) is 0 Å². The average molecular weight is 384 g/mol. The smallest absolute Gasteiger partial charge is 0.419 e. The Hall–Kier alpha value is -3.02. The van der Waals surface area contributed by atoms with Gasteiger partial charge in [-0.25, -0.2) is 9.18 Å². The van der Waals surface area contributed by atoms with Gasteiger partial charge in [0, 0.05) is 5.56 Å². The van der Waals surface area contributed by atoms with Crippen LogP contribution in [0.15, 0.2) is 34.9 Å². The van der Waals surface area contributed by atoms with Crippen molar-refractivity contribution in [2.45, 2.75) is 32.9 Å². The molecule has 1 atom stereocenters. The van der Waals surface area contributed by atoms with Crippen molar-refractivity contribution in [3.05, 3.63) is 57.4 Å². The zero-order valence-corrected chi connectivity index (χ0v) is 14.7. The highest BCUT2D eigenvalue weighted by molar-refractivity contribution is 5.92. The highest BCUT2D eigenvalue weighted by Crippen LogP contribution is 2.43. The minimum Gasteiger partial charge on any atom is -0.463 e. The third-order valence-electron chi connectivity index (χ3n) is 3.96. The highest BCUT2D eigenvalue weighted by Gasteiger charge is 2.41. The van der Waals surface area contributed by atoms with Gasteiger partial charge in [-0.1, -0.05) is 11.6 Å². The maximum absolute atomic E-state index is 14.8. The molecule has 0 radical (unpaired) electrons. The number of carbonyl (C=O) groups excluding carboxylic acids is 1. The van der Waals surface area contributed by atoms with E-state index in [9.17, 15) is 27.6 Å². The number of aryl methyl sites for hydroxylation is 1. The van der Waals surface area contributed by atoms with Crippen molar-refractivity contribution < 1.29 is 31.8 Å². The number of carbonyl (C=O) groups is 1. The quantitative estimate of drug-likeness (QED) is 0.633. The van der Waals surface area contributed by atoms with Gasteiger partial charge in [0.25, 0.3) is 0 Å². The van der Waals surface area contributed by atoms with Crippen molar-refractivity contribution in [1.29, 1.82) is 5.26 Å². The molecule has 5 nitrogen and oxygen atoms in total. The number of esters is 1. The topological polar surface area (TPSA) is 85.3 Å². The summed E-state index contributed by atoms with van der Waals surface area (Å²) < 4.78 is 64.5. The lowest BCUT2D eigenvalue weighted by Gasteiger charge is -2.28. The first-order chi connectivity index (χ1) is 12.5. The van der Waals surface area contributed by atoms with Gasteiger partial charge < -0.3 is 15.2 Å². The second-order valence-electron chi connectivity index (χ2n) is 5.83. The van der Waals surface area contributed by atoms with E-state index in [1.807, 2.05) is 0 Å². The summed E-state index contributed by atoms with van der Waals surface area (Å²) >= 11 is 0. The molecule has 0 aliphatic carbocycles. The molecule has 1 aliphatic heterocycles. The molecule has 0 spiro atoms. The summed E-state index contributed by atoms with van der Waals surface area (Å²) in [5.74, 6) is -4.50. The number of hydrogen-bond donors (Lipinski definition) is 1. The fourth-order valence-corrected chi connectivity index (χ4v) is 2.88. The summed E-state index contributed by atoms with van der Waals surface area (Å²) in [6, 6.07) is 3.48. The van der Waals surface area contributed by atoms with E-state index < -0.39 is 40.9 Å². The van der Waals surface area contributed by atoms with Crippen LogP contribution in [0.25, 0.3) is 0 Å². The first-order valence-electron chi connectivity index (χ1n) is 7.85. The van der Waals surface area contributed by atoms with Crippen molar-refractivity contribution in [3.63, 3.8) is 0 Å². The van der Waals surface area contributed by atoms with E-state index in [1.54, 1.807) is 6.07 Å². The van der Waals surface area contributed by atoms with Crippen LogP contribution in [0, 0.1) is 24.1 Å². The van der Waals surface area contributed by atoms with Gasteiger partial charge in [0.2, 0.25) is 5.88 Å². The molecule has 1 aromatic carbocycles. The molecule has 2 N–H and O–H groups in total. The number of rotatable bonds is 3. The van der Waals surface area contributed by atoms with Crippen molar-refractivity contribution in [1.82, 2.24) is 0 Å². The molecular formula is C18H16F4N2O3. The van der Waals surface area contributed by atoms with Crippen LogP contribution in [0.2, 0.25) is 0 Å². The van der Waals surface area contributed by atoms with E-state index in [0.717, 1.165) is 6.07 Å². The van der Waals surface area contributed by atoms with E-state index in [-0.39, 0.29) is 29.1 Å². The van der Waals surface area contributed by atoms with E-state index in [0.29, 0.717) is 6.07 Å². The van der Waals surface area contributed by atoms with Gasteiger partial charge in [0.05, 0.1) is 23.7 Å². The lowest BCUT2D eigenvalue weighted by molar-refractivity contribution is -0.140. The van der Waals surface area contributed by atoms with Gasteiger partial charge in [-0.15, -0.1) is 0 Å². The minimum atomic E-state index is -4.96. The van der Waals surface area contributed by atoms with Crippen LogP contribution < -0.4 is 5.73 Å². The zero-order valence-electron chi connectivity index (χ0n) is 14.7. The summed E-state index contributed by atoms with van der Waals surface area (Å²) in [6.07, 6.45) is -4.96. The molecule has 1 unspecified atom stereocenters. The predicted octanol–water partition coefficient (Wildman–Crippen LogP) is 3.80. The van der Waals surface area contributed by atoms with Gasteiger partial charge >= 0.3 is 12.1 Å². The number of halogens is 4. The van der Waals surface area contributed by atoms with Crippen LogP contribution in [0.5, 0.6) is 0 Å². The molecule has 144 valence electrons. The molecule has 2 rings (SSSR count). The Morgan fingerprint density at radius 1 is 1.37 bits per heavy atom. The summed E-state index contributed by atoms with van der Waals surface area (Å²) in [6.45, 7) is 4.17. The molecule has 0 fully saturated rings. The Bertz CT molecular complexity index is 895. The Kier molecular flexibility index (Phi) is 5.49. The standard InChI is InChI=1S/C18H16F4N2O3/c1-4-26-17(25)13-9(3)27-16(24)11(7-23)14(13)10-5-8(2)6-12(15(10)19)18(20,21)22/h5-6,14H,4,24H2,1-3H3. The molecule has 1 aliphatic rings. The summed E-state index contributed by atoms with van der Waals surface area (Å²) in [5, 5.41) is 9.41. The average Bonchev–Trinajstić information content (AvgIpc) is 2.55. The van der Waals surface area contributed by atoms with Crippen LogP contribution in [0.3, 0.4) is 0 Å². The molecule has 0 amide bonds. The Morgan fingerprint density at radius 2 is 2.00 bits per heavy atom. The number of ether oxygens (including phenoxy) is 2. The Morgan fingerprint density at radius 3 is 2.52 bits per heavy atom. The normalized spacial score (nSPS) is 17.5. The number of nitrogens with zero attached hydrogens (tertiary/aromatic N) is 1. The molecule has 9 heteroatoms. The fourth-order valence-electron chi connectivity index (χ4n) is 2.88. The van der Waals surface area contributed by atoms with Crippen molar-refractivity contribution >= 4 is 5.97 Å². The highest BCUT2D eigenvalue weighted by atomic mass is 19.4. The molecule has 1 heterocycles. The third-order valence-corrected chi connectivity index (χ3v) is 3.96. The zero-order chi connectivity index (χ0) is 20.5. The number of allylic oxidation sites excluding steroid dienone is 2. The largest absolute Gasteiger partial charge is 0.463 e. The first-order valence-corrected chi connectivity index (χ1v) is 7.85. The number of benzene rings is 1. The van der Waals surface area contributed by atoms with Gasteiger partial charge in [-0.05, 0) is 26.8 Å². The molecule has 0 bridgehead atoms. The second kappa shape index (κ2) is 7.31. The first kappa shape index (κ1) is 20.3. The van der Waals surface area contributed by atoms with Crippen LogP contribution in [-0.2, 0) is 20.4 Å². The molecule has 0 saturated heterocycles. The van der Waals surface area contributed by atoms with Crippen molar-refractivity contribution in [3.8, 4) is 6.07 Å². The maximum Gasteiger partial charge on any atom is 0.419 e. The number of alkyl halides is 3. The number of nitrogens with two attached hydrogens (primary N) is 1. The van der Waals surface area contributed by atoms with Crippen LogP contribution in [-0.4, -0.2) is 12.6 Å². The number of hydrogen-bond acceptors (Lipinski definition) is 5. The predicted molar refractivity (Wildman–Crippen MR) is 86.1 cm³/mol. The lowest BCUT2D eigenvalue weighted by atomic mass is 9.81. The fraction of sp³-hybridized carbons (Fsp3) is 0.333. The van der Waals surface area contributed by atoms with E-state index in [2.05, 4.69) is 0 Å². The van der Waals surface area contributed by atoms with Gasteiger partial charge in [-0.2, -0.15) is 18.4 Å². The van der Waals surface area contributed by atoms with Crippen molar-refractivity contribution in [2.75, 3.05) is 6.61 Å². The Balaban J connectivity index is 2.82. The summed E-state index contributed by atoms with van der Waals surface area (Å²) in [5.41, 5.74) is 3.10. The number of nitriles is 1. The molecule has 27 heavy (non-hydrogen) atoms. The molecule has 0 aromatic heterocycles. The van der Waals surface area contributed by atoms with E-state index in [1.165, 1.54) is 20.8 Å². The SMILES string of the molecule is CCOC(=O)C1=C(C)OC(N)=C(C#N)C1c1cc(C)cc(C(F)(F)F)c1F. The third kappa shape index (κ3) is 3.74. The van der Waals surface area contributed by atoms with E-state index >= 15 is 0 Å². The summed E-state index contributed by atoms with van der Waals surface area (Å²) in [7, 11) is 0. The minimum absolute atomic E-state index is 0.0342. The van der Waals surface area contributed by atoms with E-state index in [4.69, 9.17) is 15.2 Å². The van der Waals surface area contributed by atoms with Crippen molar-refractivity contribution in [2.24, 2.45) is 5.73 Å². The van der Waals surface area contributed by atoms with Crippen LogP contribution in [0.1, 0.15) is 36.5 Å². The lowest BCUT2D eigenvalue weighted by Crippen LogP contribution is -2.27. The van der Waals surface area contributed by atoms with Crippen LogP contribution in [0.4, 0.5) is 17.6 Å². The molecule has 1 aromatic rings. The Labute approximate surface area is 152 Å². The second-order valence-corrected chi connectivity index (χ2v) is 5.83. The molecule has 0 saturated carbocycles. The van der Waals surface area contributed by atoms with Gasteiger partial charge in [0.1, 0.15) is 23.2 Å². The van der Waals surface area contributed by atoms with Crippen LogP contribution >= 0.6 is 0 Å².